The highest BCUT2D eigenvalue weighted by atomic mass is 16.5. The molecule has 0 fully saturated rings. The van der Waals surface area contributed by atoms with Gasteiger partial charge in [0, 0.05) is 49.5 Å². The average Bonchev–Trinajstić information content (AvgIpc) is 2.58. The molecule has 0 unspecified atom stereocenters. The van der Waals surface area contributed by atoms with Crippen LogP contribution in [-0.2, 0) is 16.0 Å². The van der Waals surface area contributed by atoms with Gasteiger partial charge in [-0.25, -0.2) is 4.79 Å². The Morgan fingerprint density at radius 2 is 2.04 bits per heavy atom. The molecule has 2 aromatic rings. The highest BCUT2D eigenvalue weighted by Gasteiger charge is 2.11. The molecule has 2 rings (SSSR count). The fourth-order valence-electron chi connectivity index (χ4n) is 2.34. The van der Waals surface area contributed by atoms with Crippen LogP contribution in [-0.4, -0.2) is 41.7 Å². The molecular formula is C18H23N5O3. The largest absolute Gasteiger partial charge is 0.375 e. The van der Waals surface area contributed by atoms with Crippen LogP contribution >= 0.6 is 0 Å². The first kappa shape index (κ1) is 19.3. The lowest BCUT2D eigenvalue weighted by molar-refractivity contribution is -0.119. The van der Waals surface area contributed by atoms with Crippen LogP contribution < -0.4 is 16.0 Å². The van der Waals surface area contributed by atoms with Gasteiger partial charge in [-0.1, -0.05) is 6.07 Å². The molecule has 0 saturated heterocycles. The number of anilines is 2. The van der Waals surface area contributed by atoms with E-state index in [-0.39, 0.29) is 24.6 Å². The van der Waals surface area contributed by atoms with Gasteiger partial charge in [-0.05, 0) is 31.5 Å². The zero-order valence-corrected chi connectivity index (χ0v) is 15.1. The molecule has 0 aliphatic carbocycles. The Hall–Kier alpha value is -3.00. The maximum atomic E-state index is 12.2. The number of nitrogens with zero attached hydrogens (tertiary/aromatic N) is 2. The van der Waals surface area contributed by atoms with Gasteiger partial charge in [-0.3, -0.25) is 14.8 Å². The Kier molecular flexibility index (Phi) is 7.04. The standard InChI is InChI=1S/C18H23N5O3/c1-12-4-5-14(22-17(24)11-26-3)9-16(12)23-18(25)21-13(2)8-15-10-19-6-7-20-15/h4-7,9-10,13H,8,11H2,1-3H3,(H,22,24)(H2,21,23,25)/t13-/m1/s1. The van der Waals surface area contributed by atoms with E-state index in [0.29, 0.717) is 17.8 Å². The number of urea groups is 1. The summed E-state index contributed by atoms with van der Waals surface area (Å²) < 4.78 is 4.79. The molecule has 26 heavy (non-hydrogen) atoms. The summed E-state index contributed by atoms with van der Waals surface area (Å²) in [4.78, 5) is 32.0. The lowest BCUT2D eigenvalue weighted by Gasteiger charge is -2.16. The summed E-state index contributed by atoms with van der Waals surface area (Å²) in [5, 5.41) is 8.37. The number of nitrogens with one attached hydrogen (secondary N) is 3. The first-order valence-corrected chi connectivity index (χ1v) is 8.19. The summed E-state index contributed by atoms with van der Waals surface area (Å²) in [7, 11) is 1.45. The van der Waals surface area contributed by atoms with E-state index >= 15 is 0 Å². The van der Waals surface area contributed by atoms with Crippen molar-refractivity contribution in [1.82, 2.24) is 15.3 Å². The third-order valence-electron chi connectivity index (χ3n) is 3.55. The van der Waals surface area contributed by atoms with E-state index < -0.39 is 0 Å². The Morgan fingerprint density at radius 3 is 2.73 bits per heavy atom. The van der Waals surface area contributed by atoms with Crippen LogP contribution in [0.1, 0.15) is 18.2 Å². The van der Waals surface area contributed by atoms with Crippen LogP contribution in [0.5, 0.6) is 0 Å². The molecule has 1 aromatic carbocycles. The van der Waals surface area contributed by atoms with Crippen LogP contribution in [0.2, 0.25) is 0 Å². The van der Waals surface area contributed by atoms with Gasteiger partial charge in [0.2, 0.25) is 5.91 Å². The Bertz CT molecular complexity index is 752. The minimum Gasteiger partial charge on any atom is -0.375 e. The lowest BCUT2D eigenvalue weighted by Crippen LogP contribution is -2.37. The van der Waals surface area contributed by atoms with Gasteiger partial charge in [0.25, 0.3) is 0 Å². The quantitative estimate of drug-likeness (QED) is 0.704. The monoisotopic (exact) mass is 357 g/mol. The van der Waals surface area contributed by atoms with Crippen LogP contribution in [0.4, 0.5) is 16.2 Å². The van der Waals surface area contributed by atoms with Gasteiger partial charge >= 0.3 is 6.03 Å². The van der Waals surface area contributed by atoms with E-state index in [1.807, 2.05) is 19.9 Å². The van der Waals surface area contributed by atoms with Crippen molar-refractivity contribution >= 4 is 23.3 Å². The fourth-order valence-corrected chi connectivity index (χ4v) is 2.34. The first-order chi connectivity index (χ1) is 12.5. The highest BCUT2D eigenvalue weighted by molar-refractivity contribution is 5.94. The molecule has 0 aliphatic heterocycles. The minimum absolute atomic E-state index is 0.0307. The molecule has 1 heterocycles. The molecule has 0 spiro atoms. The van der Waals surface area contributed by atoms with Gasteiger partial charge in [0.05, 0.1) is 5.69 Å². The third-order valence-corrected chi connectivity index (χ3v) is 3.55. The first-order valence-electron chi connectivity index (χ1n) is 8.19. The molecule has 0 bridgehead atoms. The van der Waals surface area contributed by atoms with Crippen molar-refractivity contribution in [2.75, 3.05) is 24.4 Å². The molecule has 1 atom stereocenters. The highest BCUT2D eigenvalue weighted by Crippen LogP contribution is 2.20. The Morgan fingerprint density at radius 1 is 1.23 bits per heavy atom. The van der Waals surface area contributed by atoms with Crippen molar-refractivity contribution in [1.29, 1.82) is 0 Å². The second kappa shape index (κ2) is 9.47. The summed E-state index contributed by atoms with van der Waals surface area (Å²) >= 11 is 0. The van der Waals surface area contributed by atoms with Crippen LogP contribution in [0.15, 0.2) is 36.8 Å². The number of aromatic nitrogens is 2. The second-order valence-corrected chi connectivity index (χ2v) is 5.91. The Balaban J connectivity index is 1.94. The summed E-state index contributed by atoms with van der Waals surface area (Å²) in [6, 6.07) is 4.85. The summed E-state index contributed by atoms with van der Waals surface area (Å²) in [5.74, 6) is -0.260. The van der Waals surface area contributed by atoms with Crippen molar-refractivity contribution < 1.29 is 14.3 Å². The van der Waals surface area contributed by atoms with Crippen molar-refractivity contribution in [3.63, 3.8) is 0 Å². The number of carbonyl (C=O) groups is 2. The topological polar surface area (TPSA) is 105 Å². The minimum atomic E-state index is -0.329. The SMILES string of the molecule is COCC(=O)Nc1ccc(C)c(NC(=O)N[C@H](C)Cc2cnccn2)c1. The number of hydrogen-bond donors (Lipinski definition) is 3. The number of carbonyl (C=O) groups excluding carboxylic acids is 2. The van der Waals surface area contributed by atoms with Crippen molar-refractivity contribution in [2.45, 2.75) is 26.3 Å². The number of benzene rings is 1. The van der Waals surface area contributed by atoms with E-state index in [2.05, 4.69) is 25.9 Å². The van der Waals surface area contributed by atoms with Gasteiger partial charge < -0.3 is 20.7 Å². The van der Waals surface area contributed by atoms with Crippen LogP contribution in [0.3, 0.4) is 0 Å². The smallest absolute Gasteiger partial charge is 0.319 e. The molecule has 1 aromatic heterocycles. The number of rotatable bonds is 7. The maximum Gasteiger partial charge on any atom is 0.319 e. The van der Waals surface area contributed by atoms with E-state index in [1.54, 1.807) is 30.7 Å². The fraction of sp³-hybridized carbons (Fsp3) is 0.333. The zero-order chi connectivity index (χ0) is 18.9. The van der Waals surface area contributed by atoms with Gasteiger partial charge in [0.1, 0.15) is 6.61 Å². The van der Waals surface area contributed by atoms with Crippen molar-refractivity contribution in [2.24, 2.45) is 0 Å². The molecule has 0 saturated carbocycles. The van der Waals surface area contributed by atoms with E-state index in [9.17, 15) is 9.59 Å². The molecule has 0 radical (unpaired) electrons. The van der Waals surface area contributed by atoms with Gasteiger partial charge in [-0.15, -0.1) is 0 Å². The van der Waals surface area contributed by atoms with Crippen LogP contribution in [0, 0.1) is 6.92 Å². The summed E-state index contributed by atoms with van der Waals surface area (Å²) in [5.41, 5.74) is 2.88. The summed E-state index contributed by atoms with van der Waals surface area (Å²) in [6.07, 6.45) is 5.48. The zero-order valence-electron chi connectivity index (χ0n) is 15.1. The number of aryl methyl sites for hydroxylation is 1. The van der Waals surface area contributed by atoms with Gasteiger partial charge in [0.15, 0.2) is 0 Å². The summed E-state index contributed by atoms with van der Waals surface area (Å²) in [6.45, 7) is 3.74. The Labute approximate surface area is 152 Å². The number of methoxy groups -OCH3 is 1. The molecule has 3 N–H and O–H groups in total. The van der Waals surface area contributed by atoms with Crippen LogP contribution in [0.25, 0.3) is 0 Å². The van der Waals surface area contributed by atoms with Crippen molar-refractivity contribution in [3.8, 4) is 0 Å². The van der Waals surface area contributed by atoms with E-state index in [0.717, 1.165) is 11.3 Å². The molecular weight excluding hydrogens is 334 g/mol. The maximum absolute atomic E-state index is 12.2. The lowest BCUT2D eigenvalue weighted by atomic mass is 10.1. The molecule has 3 amide bonds. The predicted molar refractivity (Wildman–Crippen MR) is 99.0 cm³/mol. The van der Waals surface area contributed by atoms with Gasteiger partial charge in [-0.2, -0.15) is 0 Å². The third kappa shape index (κ3) is 6.14. The normalized spacial score (nSPS) is 11.5. The second-order valence-electron chi connectivity index (χ2n) is 5.91. The average molecular weight is 357 g/mol. The molecule has 8 nitrogen and oxygen atoms in total. The predicted octanol–water partition coefficient (Wildman–Crippen LogP) is 2.12. The van der Waals surface area contributed by atoms with Crippen molar-refractivity contribution in [3.05, 3.63) is 48.0 Å². The van der Waals surface area contributed by atoms with E-state index in [1.165, 1.54) is 7.11 Å². The molecule has 138 valence electrons. The molecule has 8 heteroatoms. The number of hydrogen-bond acceptors (Lipinski definition) is 5. The number of ether oxygens (including phenoxy) is 1. The van der Waals surface area contributed by atoms with E-state index in [4.69, 9.17) is 4.74 Å². The molecule has 0 aliphatic rings. The number of amides is 3.